The molecule has 0 amide bonds. The van der Waals surface area contributed by atoms with Crippen molar-refractivity contribution in [3.8, 4) is 0 Å². The fourth-order valence-electron chi connectivity index (χ4n) is 4.58. The van der Waals surface area contributed by atoms with E-state index in [-0.39, 0.29) is 18.4 Å². The first-order valence-corrected chi connectivity index (χ1v) is 14.5. The van der Waals surface area contributed by atoms with Crippen molar-refractivity contribution >= 4 is 49.7 Å². The summed E-state index contributed by atoms with van der Waals surface area (Å²) >= 11 is 4.59. The van der Waals surface area contributed by atoms with E-state index in [2.05, 4.69) is 55.2 Å². The number of benzene rings is 1. The Kier molecular flexibility index (Phi) is 9.77. The van der Waals surface area contributed by atoms with Crippen LogP contribution in [0.25, 0.3) is 0 Å². The Balaban J connectivity index is 0.00000324. The van der Waals surface area contributed by atoms with Crippen molar-refractivity contribution in [1.29, 1.82) is 0 Å². The molecule has 1 unspecified atom stereocenters. The number of piperidine rings is 1. The number of likely N-dealkylation sites (tertiary alicyclic amines) is 1. The third kappa shape index (κ3) is 6.71. The highest BCUT2D eigenvalue weighted by Crippen LogP contribution is 2.31. The second kappa shape index (κ2) is 12.1. The Morgan fingerprint density at radius 2 is 1.88 bits per heavy atom. The summed E-state index contributed by atoms with van der Waals surface area (Å²) in [5.74, 6) is 0.545. The maximum atomic E-state index is 13.0. The zero-order valence-electron chi connectivity index (χ0n) is 19.5. The van der Waals surface area contributed by atoms with E-state index in [9.17, 15) is 8.42 Å². The Morgan fingerprint density at radius 1 is 1.18 bits per heavy atom. The molecule has 1 fully saturated rings. The Hall–Kier alpha value is -1.23. The second-order valence-electron chi connectivity index (χ2n) is 8.57. The lowest BCUT2D eigenvalue weighted by molar-refractivity contribution is 0.201. The largest absolute Gasteiger partial charge is 0.303 e. The van der Waals surface area contributed by atoms with E-state index < -0.39 is 10.0 Å². The number of thiophene rings is 1. The van der Waals surface area contributed by atoms with Crippen LogP contribution in [0.1, 0.15) is 55.1 Å². The van der Waals surface area contributed by atoms with Crippen LogP contribution in [0, 0.1) is 6.92 Å². The molecule has 0 radical (unpaired) electrons. The lowest BCUT2D eigenvalue weighted by Crippen LogP contribution is -2.37. The molecule has 0 saturated carbocycles. The lowest BCUT2D eigenvalue weighted by Gasteiger charge is -2.33. The van der Waals surface area contributed by atoms with Crippen LogP contribution < -0.4 is 4.72 Å². The normalized spacial score (nSPS) is 16.3. The van der Waals surface area contributed by atoms with Gasteiger partial charge in [0.25, 0.3) is 10.0 Å². The summed E-state index contributed by atoms with van der Waals surface area (Å²) in [5, 5.41) is 4.61. The molecule has 1 saturated heterocycles. The SMILES string of the molecule is CCn1nc(C)cc1C1CCN(CCC(NS(=O)(=O)c2ccc(Br)s2)c2ccccc2)CC1.Cl. The zero-order chi connectivity index (χ0) is 23.4. The van der Waals surface area contributed by atoms with Gasteiger partial charge in [0.05, 0.1) is 9.48 Å². The third-order valence-corrected chi connectivity index (χ3v) is 9.87. The second-order valence-corrected chi connectivity index (χ2v) is 13.0. The predicted molar refractivity (Wildman–Crippen MR) is 144 cm³/mol. The number of aryl methyl sites for hydroxylation is 2. The van der Waals surface area contributed by atoms with Crippen LogP contribution >= 0.6 is 39.7 Å². The molecule has 186 valence electrons. The van der Waals surface area contributed by atoms with E-state index in [1.54, 1.807) is 12.1 Å². The summed E-state index contributed by atoms with van der Waals surface area (Å²) in [5.41, 5.74) is 3.44. The first-order valence-electron chi connectivity index (χ1n) is 11.4. The molecule has 1 aliphatic rings. The minimum absolute atomic E-state index is 0. The van der Waals surface area contributed by atoms with Gasteiger partial charge in [0.15, 0.2) is 0 Å². The third-order valence-electron chi connectivity index (χ3n) is 6.29. The summed E-state index contributed by atoms with van der Waals surface area (Å²) in [7, 11) is -3.58. The number of hydrogen-bond acceptors (Lipinski definition) is 5. The van der Waals surface area contributed by atoms with Crippen LogP contribution in [-0.2, 0) is 16.6 Å². The van der Waals surface area contributed by atoms with Crippen LogP contribution in [0.2, 0.25) is 0 Å². The highest BCUT2D eigenvalue weighted by atomic mass is 79.9. The average Bonchev–Trinajstić information content (AvgIpc) is 3.43. The molecule has 1 aliphatic heterocycles. The van der Waals surface area contributed by atoms with Gasteiger partial charge in [0, 0.05) is 24.2 Å². The summed E-state index contributed by atoms with van der Waals surface area (Å²) in [6.07, 6.45) is 2.94. The highest BCUT2D eigenvalue weighted by molar-refractivity contribution is 9.11. The molecule has 3 heterocycles. The van der Waals surface area contributed by atoms with Gasteiger partial charge >= 0.3 is 0 Å². The molecule has 2 aromatic heterocycles. The Labute approximate surface area is 221 Å². The zero-order valence-corrected chi connectivity index (χ0v) is 23.5. The van der Waals surface area contributed by atoms with Crippen LogP contribution in [0.4, 0.5) is 0 Å². The summed E-state index contributed by atoms with van der Waals surface area (Å²) < 4.78 is 32.2. The number of sulfonamides is 1. The molecule has 3 aromatic rings. The van der Waals surface area contributed by atoms with E-state index in [0.717, 1.165) is 60.5 Å². The standard InChI is InChI=1S/C24H31BrN4O2S2.ClH/c1-3-29-22(17-18(2)26-29)20-11-14-28(15-12-20)16-13-21(19-7-5-4-6-8-19)27-33(30,31)24-10-9-23(25)32-24;/h4-10,17,20-21,27H,3,11-16H2,1-2H3;1H. The van der Waals surface area contributed by atoms with Gasteiger partial charge in [-0.05, 0) is 92.4 Å². The van der Waals surface area contributed by atoms with Crippen molar-refractivity contribution < 1.29 is 8.42 Å². The number of aromatic nitrogens is 2. The molecule has 1 atom stereocenters. The first kappa shape index (κ1) is 27.4. The van der Waals surface area contributed by atoms with Gasteiger partial charge in [-0.25, -0.2) is 13.1 Å². The average molecular weight is 588 g/mol. The van der Waals surface area contributed by atoms with Crippen molar-refractivity contribution in [2.75, 3.05) is 19.6 Å². The number of nitrogens with one attached hydrogen (secondary N) is 1. The molecule has 0 spiro atoms. The molecule has 1 N–H and O–H groups in total. The van der Waals surface area contributed by atoms with Gasteiger partial charge in [-0.15, -0.1) is 23.7 Å². The number of nitrogens with zero attached hydrogens (tertiary/aromatic N) is 3. The quantitative estimate of drug-likeness (QED) is 0.346. The fraction of sp³-hybridized carbons (Fsp3) is 0.458. The smallest absolute Gasteiger partial charge is 0.250 e. The summed E-state index contributed by atoms with van der Waals surface area (Å²) in [6, 6.07) is 15.3. The minimum Gasteiger partial charge on any atom is -0.303 e. The van der Waals surface area contributed by atoms with E-state index in [0.29, 0.717) is 10.1 Å². The molecule has 0 aliphatic carbocycles. The molecule has 4 rings (SSSR count). The lowest BCUT2D eigenvalue weighted by atomic mass is 9.92. The van der Waals surface area contributed by atoms with E-state index >= 15 is 0 Å². The van der Waals surface area contributed by atoms with Crippen molar-refractivity contribution in [3.05, 3.63) is 69.3 Å². The van der Waals surface area contributed by atoms with Crippen LogP contribution in [0.3, 0.4) is 0 Å². The number of hydrogen-bond donors (Lipinski definition) is 1. The van der Waals surface area contributed by atoms with Crippen LogP contribution in [0.5, 0.6) is 0 Å². The highest BCUT2D eigenvalue weighted by Gasteiger charge is 2.26. The van der Waals surface area contributed by atoms with Crippen molar-refractivity contribution in [1.82, 2.24) is 19.4 Å². The molecule has 10 heteroatoms. The van der Waals surface area contributed by atoms with Gasteiger partial charge in [-0.1, -0.05) is 30.3 Å². The van der Waals surface area contributed by atoms with Gasteiger partial charge in [-0.3, -0.25) is 4.68 Å². The maximum Gasteiger partial charge on any atom is 0.250 e. The Morgan fingerprint density at radius 3 is 2.50 bits per heavy atom. The molecule has 34 heavy (non-hydrogen) atoms. The van der Waals surface area contributed by atoms with Crippen LogP contribution in [-0.4, -0.2) is 42.7 Å². The monoisotopic (exact) mass is 586 g/mol. The fourth-order valence-corrected chi connectivity index (χ4v) is 7.86. The maximum absolute atomic E-state index is 13.0. The van der Waals surface area contributed by atoms with Crippen LogP contribution in [0.15, 0.2) is 56.5 Å². The first-order chi connectivity index (χ1) is 15.9. The minimum atomic E-state index is -3.58. The molecule has 6 nitrogen and oxygen atoms in total. The van der Waals surface area contributed by atoms with Gasteiger partial charge in [0.2, 0.25) is 0 Å². The molecule has 0 bridgehead atoms. The Bertz CT molecular complexity index is 1160. The topological polar surface area (TPSA) is 67.2 Å². The number of rotatable bonds is 9. The molecule has 1 aromatic carbocycles. The summed E-state index contributed by atoms with van der Waals surface area (Å²) in [6.45, 7) is 8.00. The van der Waals surface area contributed by atoms with Gasteiger partial charge in [-0.2, -0.15) is 5.10 Å². The van der Waals surface area contributed by atoms with Crippen molar-refractivity contribution in [2.24, 2.45) is 0 Å². The van der Waals surface area contributed by atoms with E-state index in [4.69, 9.17) is 0 Å². The van der Waals surface area contributed by atoms with E-state index in [1.807, 2.05) is 30.3 Å². The van der Waals surface area contributed by atoms with Gasteiger partial charge < -0.3 is 4.90 Å². The van der Waals surface area contributed by atoms with Crippen molar-refractivity contribution in [3.63, 3.8) is 0 Å². The van der Waals surface area contributed by atoms with Crippen molar-refractivity contribution in [2.45, 2.75) is 55.8 Å². The molecular formula is C24H32BrClN4O2S2. The predicted octanol–water partition coefficient (Wildman–Crippen LogP) is 5.75. The number of halogens is 2. The van der Waals surface area contributed by atoms with Gasteiger partial charge in [0.1, 0.15) is 4.21 Å². The van der Waals surface area contributed by atoms with E-state index in [1.165, 1.54) is 17.0 Å². The molecular weight excluding hydrogens is 556 g/mol. The summed E-state index contributed by atoms with van der Waals surface area (Å²) in [4.78, 5) is 2.46.